The van der Waals surface area contributed by atoms with Gasteiger partial charge in [-0.3, -0.25) is 9.78 Å². The van der Waals surface area contributed by atoms with Gasteiger partial charge in [0.15, 0.2) is 0 Å². The maximum Gasteiger partial charge on any atom is 0.257 e. The van der Waals surface area contributed by atoms with E-state index < -0.39 is 0 Å². The molecule has 0 saturated heterocycles. The van der Waals surface area contributed by atoms with Gasteiger partial charge in [-0.2, -0.15) is 0 Å². The SMILES string of the molecule is CCc1ccc(NC(=O)c2ccc(-c3cncnc3)nc2)cc1. The van der Waals surface area contributed by atoms with Crippen LogP contribution in [0.15, 0.2) is 61.3 Å². The van der Waals surface area contributed by atoms with Crippen LogP contribution in [0.2, 0.25) is 0 Å². The van der Waals surface area contributed by atoms with Crippen molar-refractivity contribution in [2.75, 3.05) is 5.32 Å². The molecule has 2 heterocycles. The molecular formula is C18H16N4O. The van der Waals surface area contributed by atoms with Gasteiger partial charge >= 0.3 is 0 Å². The van der Waals surface area contributed by atoms with Crippen LogP contribution in [0.4, 0.5) is 5.69 Å². The molecule has 0 atom stereocenters. The Morgan fingerprint density at radius 1 is 1.00 bits per heavy atom. The van der Waals surface area contributed by atoms with Crippen molar-refractivity contribution in [1.82, 2.24) is 15.0 Å². The summed E-state index contributed by atoms with van der Waals surface area (Å²) in [6.07, 6.45) is 7.37. The van der Waals surface area contributed by atoms with Crippen molar-refractivity contribution in [2.45, 2.75) is 13.3 Å². The van der Waals surface area contributed by atoms with Gasteiger partial charge < -0.3 is 5.32 Å². The zero-order chi connectivity index (χ0) is 16.1. The van der Waals surface area contributed by atoms with Crippen LogP contribution in [0.3, 0.4) is 0 Å². The lowest BCUT2D eigenvalue weighted by Crippen LogP contribution is -2.12. The minimum Gasteiger partial charge on any atom is -0.322 e. The van der Waals surface area contributed by atoms with E-state index in [0.717, 1.165) is 23.4 Å². The number of aromatic nitrogens is 3. The number of nitrogens with one attached hydrogen (secondary N) is 1. The Morgan fingerprint density at radius 3 is 2.35 bits per heavy atom. The smallest absolute Gasteiger partial charge is 0.257 e. The molecule has 5 nitrogen and oxygen atoms in total. The summed E-state index contributed by atoms with van der Waals surface area (Å²) in [5, 5.41) is 2.87. The van der Waals surface area contributed by atoms with Gasteiger partial charge in [-0.25, -0.2) is 9.97 Å². The fraction of sp³-hybridized carbons (Fsp3) is 0.111. The van der Waals surface area contributed by atoms with Crippen LogP contribution in [0.5, 0.6) is 0 Å². The topological polar surface area (TPSA) is 67.8 Å². The zero-order valence-corrected chi connectivity index (χ0v) is 12.7. The highest BCUT2D eigenvalue weighted by Crippen LogP contribution is 2.16. The molecule has 23 heavy (non-hydrogen) atoms. The largest absolute Gasteiger partial charge is 0.322 e. The molecular weight excluding hydrogens is 288 g/mol. The third-order valence-corrected chi connectivity index (χ3v) is 3.50. The van der Waals surface area contributed by atoms with Gasteiger partial charge in [0.1, 0.15) is 6.33 Å². The molecule has 1 aromatic carbocycles. The second-order valence-corrected chi connectivity index (χ2v) is 5.06. The predicted molar refractivity (Wildman–Crippen MR) is 89.0 cm³/mol. The van der Waals surface area contributed by atoms with E-state index in [1.54, 1.807) is 30.7 Å². The lowest BCUT2D eigenvalue weighted by atomic mass is 10.1. The highest BCUT2D eigenvalue weighted by molar-refractivity contribution is 6.04. The van der Waals surface area contributed by atoms with Gasteiger partial charge in [0.2, 0.25) is 0 Å². The zero-order valence-electron chi connectivity index (χ0n) is 12.7. The highest BCUT2D eigenvalue weighted by atomic mass is 16.1. The van der Waals surface area contributed by atoms with Crippen molar-refractivity contribution in [1.29, 1.82) is 0 Å². The van der Waals surface area contributed by atoms with E-state index >= 15 is 0 Å². The van der Waals surface area contributed by atoms with Crippen LogP contribution in [0.25, 0.3) is 11.3 Å². The van der Waals surface area contributed by atoms with Gasteiger partial charge in [0.05, 0.1) is 11.3 Å². The summed E-state index contributed by atoms with van der Waals surface area (Å²) in [7, 11) is 0. The number of carbonyl (C=O) groups is 1. The third-order valence-electron chi connectivity index (χ3n) is 3.50. The molecule has 0 spiro atoms. The van der Waals surface area contributed by atoms with E-state index in [0.29, 0.717) is 5.56 Å². The highest BCUT2D eigenvalue weighted by Gasteiger charge is 2.07. The first kappa shape index (κ1) is 14.8. The summed E-state index contributed by atoms with van der Waals surface area (Å²) >= 11 is 0. The van der Waals surface area contributed by atoms with E-state index in [1.807, 2.05) is 24.3 Å². The number of anilines is 1. The minimum absolute atomic E-state index is 0.183. The van der Waals surface area contributed by atoms with Crippen LogP contribution in [0.1, 0.15) is 22.8 Å². The number of hydrogen-bond acceptors (Lipinski definition) is 4. The summed E-state index contributed by atoms with van der Waals surface area (Å²) < 4.78 is 0. The number of rotatable bonds is 4. The Kier molecular flexibility index (Phi) is 4.38. The fourth-order valence-electron chi connectivity index (χ4n) is 2.16. The lowest BCUT2D eigenvalue weighted by Gasteiger charge is -2.06. The third kappa shape index (κ3) is 3.58. The maximum atomic E-state index is 12.2. The van der Waals surface area contributed by atoms with Crippen molar-refractivity contribution in [2.24, 2.45) is 0 Å². The Balaban J connectivity index is 1.72. The Bertz CT molecular complexity index is 784. The lowest BCUT2D eigenvalue weighted by molar-refractivity contribution is 0.102. The number of aryl methyl sites for hydroxylation is 1. The van der Waals surface area contributed by atoms with Crippen LogP contribution in [-0.2, 0) is 6.42 Å². The molecule has 1 N–H and O–H groups in total. The van der Waals surface area contributed by atoms with E-state index in [9.17, 15) is 4.79 Å². The predicted octanol–water partition coefficient (Wildman–Crippen LogP) is 3.35. The summed E-state index contributed by atoms with van der Waals surface area (Å²) in [5.74, 6) is -0.183. The average Bonchev–Trinajstić information content (AvgIpc) is 2.63. The Morgan fingerprint density at radius 2 is 1.74 bits per heavy atom. The monoisotopic (exact) mass is 304 g/mol. The number of amides is 1. The molecule has 0 aliphatic carbocycles. The molecule has 3 rings (SSSR count). The first-order valence-corrected chi connectivity index (χ1v) is 7.38. The van der Waals surface area contributed by atoms with E-state index in [4.69, 9.17) is 0 Å². The van der Waals surface area contributed by atoms with Crippen molar-refractivity contribution in [3.63, 3.8) is 0 Å². The second-order valence-electron chi connectivity index (χ2n) is 5.06. The fourth-order valence-corrected chi connectivity index (χ4v) is 2.16. The molecule has 0 aliphatic rings. The molecule has 0 aliphatic heterocycles. The van der Waals surface area contributed by atoms with E-state index in [1.165, 1.54) is 11.9 Å². The van der Waals surface area contributed by atoms with Crippen LogP contribution < -0.4 is 5.32 Å². The average molecular weight is 304 g/mol. The number of benzene rings is 1. The molecule has 0 saturated carbocycles. The van der Waals surface area contributed by atoms with Crippen LogP contribution in [-0.4, -0.2) is 20.9 Å². The van der Waals surface area contributed by atoms with Gasteiger partial charge in [-0.1, -0.05) is 19.1 Å². The summed E-state index contributed by atoms with van der Waals surface area (Å²) in [4.78, 5) is 24.5. The van der Waals surface area contributed by atoms with E-state index in [2.05, 4.69) is 27.2 Å². The standard InChI is InChI=1S/C18H16N4O/c1-2-13-3-6-16(7-4-13)22-18(23)14-5-8-17(21-11-14)15-9-19-12-20-10-15/h3-12H,2H2,1H3,(H,22,23). The van der Waals surface area contributed by atoms with Gasteiger partial charge in [0, 0.05) is 29.8 Å². The maximum absolute atomic E-state index is 12.2. The van der Waals surface area contributed by atoms with Crippen molar-refractivity contribution < 1.29 is 4.79 Å². The normalized spacial score (nSPS) is 10.3. The summed E-state index contributed by atoms with van der Waals surface area (Å²) in [5.41, 5.74) is 4.06. The number of pyridine rings is 1. The molecule has 1 amide bonds. The van der Waals surface area contributed by atoms with E-state index in [-0.39, 0.29) is 5.91 Å². The second kappa shape index (κ2) is 6.79. The van der Waals surface area contributed by atoms with Gasteiger partial charge in [-0.05, 0) is 36.2 Å². The summed E-state index contributed by atoms with van der Waals surface area (Å²) in [6, 6.07) is 11.3. The van der Waals surface area contributed by atoms with Crippen molar-refractivity contribution >= 4 is 11.6 Å². The van der Waals surface area contributed by atoms with Crippen molar-refractivity contribution in [3.8, 4) is 11.3 Å². The molecule has 5 heteroatoms. The molecule has 0 radical (unpaired) electrons. The first-order valence-electron chi connectivity index (χ1n) is 7.38. The van der Waals surface area contributed by atoms with Gasteiger partial charge in [-0.15, -0.1) is 0 Å². The van der Waals surface area contributed by atoms with Crippen molar-refractivity contribution in [3.05, 3.63) is 72.4 Å². The molecule has 2 aromatic heterocycles. The molecule has 114 valence electrons. The Hall–Kier alpha value is -3.08. The number of nitrogens with zero attached hydrogens (tertiary/aromatic N) is 3. The van der Waals surface area contributed by atoms with Crippen LogP contribution >= 0.6 is 0 Å². The van der Waals surface area contributed by atoms with Crippen LogP contribution in [0, 0.1) is 0 Å². The Labute approximate surface area is 134 Å². The molecule has 0 fully saturated rings. The first-order chi connectivity index (χ1) is 11.3. The number of hydrogen-bond donors (Lipinski definition) is 1. The van der Waals surface area contributed by atoms with Gasteiger partial charge in [0.25, 0.3) is 5.91 Å². The minimum atomic E-state index is -0.183. The number of carbonyl (C=O) groups excluding carboxylic acids is 1. The molecule has 3 aromatic rings. The molecule has 0 unspecified atom stereocenters. The quantitative estimate of drug-likeness (QED) is 0.802. The molecule has 0 bridgehead atoms. The summed E-state index contributed by atoms with van der Waals surface area (Å²) in [6.45, 7) is 2.10.